The number of hydrogen-bond acceptors (Lipinski definition) is 4. The van der Waals surface area contributed by atoms with E-state index in [1.807, 2.05) is 0 Å². The highest BCUT2D eigenvalue weighted by molar-refractivity contribution is 8.00. The zero-order valence-corrected chi connectivity index (χ0v) is 11.5. The number of carboxylic acids is 1. The van der Waals surface area contributed by atoms with Crippen LogP contribution >= 0.6 is 23.4 Å². The minimum absolute atomic E-state index is 0.0268. The van der Waals surface area contributed by atoms with Gasteiger partial charge in [-0.1, -0.05) is 11.6 Å². The number of halogens is 1. The van der Waals surface area contributed by atoms with Crippen LogP contribution in [0.5, 0.6) is 0 Å². The standard InChI is InChI=1S/C12H13ClO4S/c1-7(2)17-11(14)6-18-8-3-4-10(13)9(5-8)12(15)16/h3-5,7H,6H2,1-2H3,(H,15,16). The van der Waals surface area contributed by atoms with Crippen LogP contribution in [0.1, 0.15) is 24.2 Å². The molecule has 0 spiro atoms. The summed E-state index contributed by atoms with van der Waals surface area (Å²) in [5.74, 6) is -1.28. The van der Waals surface area contributed by atoms with Crippen molar-refractivity contribution in [3.63, 3.8) is 0 Å². The molecule has 0 bridgehead atoms. The topological polar surface area (TPSA) is 63.6 Å². The van der Waals surface area contributed by atoms with Gasteiger partial charge in [-0.25, -0.2) is 4.79 Å². The molecule has 6 heteroatoms. The van der Waals surface area contributed by atoms with E-state index < -0.39 is 5.97 Å². The summed E-state index contributed by atoms with van der Waals surface area (Å²) in [7, 11) is 0. The quantitative estimate of drug-likeness (QED) is 0.666. The van der Waals surface area contributed by atoms with Gasteiger partial charge in [0.1, 0.15) is 0 Å². The van der Waals surface area contributed by atoms with Crippen molar-refractivity contribution < 1.29 is 19.4 Å². The second kappa shape index (κ2) is 6.66. The van der Waals surface area contributed by atoms with Crippen molar-refractivity contribution in [2.45, 2.75) is 24.8 Å². The summed E-state index contributed by atoms with van der Waals surface area (Å²) in [5, 5.41) is 9.08. The van der Waals surface area contributed by atoms with Gasteiger partial charge in [-0.15, -0.1) is 11.8 Å². The Balaban J connectivity index is 2.66. The third kappa shape index (κ3) is 4.58. The fraction of sp³-hybridized carbons (Fsp3) is 0.333. The van der Waals surface area contributed by atoms with Gasteiger partial charge in [0.05, 0.1) is 22.4 Å². The molecule has 1 N–H and O–H groups in total. The van der Waals surface area contributed by atoms with Gasteiger partial charge in [-0.05, 0) is 32.0 Å². The number of thioether (sulfide) groups is 1. The van der Waals surface area contributed by atoms with E-state index in [4.69, 9.17) is 21.4 Å². The summed E-state index contributed by atoms with van der Waals surface area (Å²) in [6.45, 7) is 3.54. The maximum absolute atomic E-state index is 11.3. The Morgan fingerprint density at radius 2 is 2.11 bits per heavy atom. The van der Waals surface area contributed by atoms with Crippen LogP contribution in [0.3, 0.4) is 0 Å². The van der Waals surface area contributed by atoms with Gasteiger partial charge in [-0.2, -0.15) is 0 Å². The molecule has 0 aliphatic carbocycles. The Morgan fingerprint density at radius 3 is 2.67 bits per heavy atom. The number of aromatic carboxylic acids is 1. The van der Waals surface area contributed by atoms with Gasteiger partial charge >= 0.3 is 11.9 Å². The van der Waals surface area contributed by atoms with Crippen LogP contribution in [0.15, 0.2) is 23.1 Å². The summed E-state index contributed by atoms with van der Waals surface area (Å²) in [5.41, 5.74) is 0.0268. The van der Waals surface area contributed by atoms with E-state index in [1.54, 1.807) is 19.9 Å². The van der Waals surface area contributed by atoms with E-state index in [1.165, 1.54) is 23.9 Å². The maximum atomic E-state index is 11.3. The van der Waals surface area contributed by atoms with Gasteiger partial charge in [0.2, 0.25) is 0 Å². The minimum atomic E-state index is -1.09. The second-order valence-electron chi connectivity index (χ2n) is 3.77. The fourth-order valence-electron chi connectivity index (χ4n) is 1.20. The van der Waals surface area contributed by atoms with Crippen LogP contribution in [0.2, 0.25) is 5.02 Å². The lowest BCUT2D eigenvalue weighted by atomic mass is 10.2. The number of rotatable bonds is 5. The van der Waals surface area contributed by atoms with Crippen LogP contribution in [0, 0.1) is 0 Å². The summed E-state index contributed by atoms with van der Waals surface area (Å²) < 4.78 is 4.97. The lowest BCUT2D eigenvalue weighted by Gasteiger charge is -2.08. The lowest BCUT2D eigenvalue weighted by Crippen LogP contribution is -2.13. The SMILES string of the molecule is CC(C)OC(=O)CSc1ccc(Cl)c(C(=O)O)c1. The molecule has 1 aromatic rings. The van der Waals surface area contributed by atoms with Crippen LogP contribution in [0.4, 0.5) is 0 Å². The molecule has 0 fully saturated rings. The summed E-state index contributed by atoms with van der Waals surface area (Å²) in [6, 6.07) is 4.61. The first-order valence-electron chi connectivity index (χ1n) is 5.25. The number of carbonyl (C=O) groups excluding carboxylic acids is 1. The number of carboxylic acid groups (broad SMARTS) is 1. The molecule has 0 atom stereocenters. The number of hydrogen-bond donors (Lipinski definition) is 1. The molecule has 0 radical (unpaired) electrons. The van der Waals surface area contributed by atoms with Crippen molar-refractivity contribution >= 4 is 35.3 Å². The zero-order chi connectivity index (χ0) is 13.7. The van der Waals surface area contributed by atoms with Gasteiger partial charge in [0.25, 0.3) is 0 Å². The zero-order valence-electron chi connectivity index (χ0n) is 9.97. The van der Waals surface area contributed by atoms with Gasteiger partial charge < -0.3 is 9.84 Å². The number of benzene rings is 1. The predicted molar refractivity (Wildman–Crippen MR) is 70.4 cm³/mol. The normalized spacial score (nSPS) is 10.4. The summed E-state index contributed by atoms with van der Waals surface area (Å²) in [4.78, 5) is 22.9. The highest BCUT2D eigenvalue weighted by Crippen LogP contribution is 2.24. The first-order chi connectivity index (χ1) is 8.40. The second-order valence-corrected chi connectivity index (χ2v) is 5.23. The molecule has 0 aliphatic heterocycles. The molecule has 0 amide bonds. The Bertz CT molecular complexity index is 459. The Hall–Kier alpha value is -1.20. The Kier molecular flexibility index (Phi) is 5.50. The predicted octanol–water partition coefficient (Wildman–Crippen LogP) is 3.08. The van der Waals surface area contributed by atoms with Crippen molar-refractivity contribution in [3.05, 3.63) is 28.8 Å². The first-order valence-corrected chi connectivity index (χ1v) is 6.61. The molecule has 0 saturated heterocycles. The van der Waals surface area contributed by atoms with Gasteiger partial charge in [0, 0.05) is 4.90 Å². The molecule has 1 aromatic carbocycles. The van der Waals surface area contributed by atoms with Crippen molar-refractivity contribution in [2.24, 2.45) is 0 Å². The lowest BCUT2D eigenvalue weighted by molar-refractivity contribution is -0.144. The van der Waals surface area contributed by atoms with Crippen LogP contribution < -0.4 is 0 Å². The molecule has 0 aromatic heterocycles. The van der Waals surface area contributed by atoms with Gasteiger partial charge in [0.15, 0.2) is 0 Å². The van der Waals surface area contributed by atoms with Crippen LogP contribution in [-0.4, -0.2) is 28.9 Å². The molecular formula is C12H13ClO4S. The van der Waals surface area contributed by atoms with Crippen molar-refractivity contribution in [1.82, 2.24) is 0 Å². The first kappa shape index (κ1) is 14.9. The highest BCUT2D eigenvalue weighted by Gasteiger charge is 2.11. The highest BCUT2D eigenvalue weighted by atomic mass is 35.5. The monoisotopic (exact) mass is 288 g/mol. The average molecular weight is 289 g/mol. The van der Waals surface area contributed by atoms with E-state index in [2.05, 4.69) is 0 Å². The number of ether oxygens (including phenoxy) is 1. The smallest absolute Gasteiger partial charge is 0.337 e. The average Bonchev–Trinajstić information content (AvgIpc) is 2.26. The Morgan fingerprint density at radius 1 is 1.44 bits per heavy atom. The van der Waals surface area contributed by atoms with Crippen molar-refractivity contribution in [3.8, 4) is 0 Å². The molecule has 0 unspecified atom stereocenters. The van der Waals surface area contributed by atoms with Crippen LogP contribution in [-0.2, 0) is 9.53 Å². The molecular weight excluding hydrogens is 276 g/mol. The summed E-state index contributed by atoms with van der Waals surface area (Å²) >= 11 is 6.96. The minimum Gasteiger partial charge on any atom is -0.478 e. The van der Waals surface area contributed by atoms with Crippen LogP contribution in [0.25, 0.3) is 0 Å². The van der Waals surface area contributed by atoms with E-state index in [0.29, 0.717) is 4.90 Å². The van der Waals surface area contributed by atoms with Gasteiger partial charge in [-0.3, -0.25) is 4.79 Å². The van der Waals surface area contributed by atoms with Crippen molar-refractivity contribution in [1.29, 1.82) is 0 Å². The van der Waals surface area contributed by atoms with E-state index in [-0.39, 0.29) is 28.4 Å². The number of carbonyl (C=O) groups is 2. The Labute approximate surface area is 114 Å². The van der Waals surface area contributed by atoms with E-state index in [0.717, 1.165) is 0 Å². The third-order valence-corrected chi connectivity index (χ3v) is 3.19. The molecule has 18 heavy (non-hydrogen) atoms. The molecule has 1 rings (SSSR count). The largest absolute Gasteiger partial charge is 0.478 e. The van der Waals surface area contributed by atoms with E-state index >= 15 is 0 Å². The fourth-order valence-corrected chi connectivity index (χ4v) is 2.11. The molecule has 0 heterocycles. The van der Waals surface area contributed by atoms with Crippen molar-refractivity contribution in [2.75, 3.05) is 5.75 Å². The molecule has 98 valence electrons. The molecule has 0 saturated carbocycles. The third-order valence-electron chi connectivity index (χ3n) is 1.89. The maximum Gasteiger partial charge on any atom is 0.337 e. The molecule has 4 nitrogen and oxygen atoms in total. The van der Waals surface area contributed by atoms with E-state index in [9.17, 15) is 9.59 Å². The molecule has 0 aliphatic rings. The number of esters is 1. The summed E-state index contributed by atoms with van der Waals surface area (Å²) in [6.07, 6.45) is -0.155.